The number of esters is 2. The molecule has 0 saturated carbocycles. The van der Waals surface area contributed by atoms with E-state index in [0.29, 0.717) is 21.9 Å². The third-order valence-corrected chi connectivity index (χ3v) is 6.46. The maximum absolute atomic E-state index is 12.7. The number of ether oxygens (including phenoxy) is 2. The van der Waals surface area contributed by atoms with Crippen molar-refractivity contribution < 1.29 is 28.5 Å². The van der Waals surface area contributed by atoms with Crippen LogP contribution in [0.25, 0.3) is 10.1 Å². The van der Waals surface area contributed by atoms with E-state index >= 15 is 0 Å². The van der Waals surface area contributed by atoms with Gasteiger partial charge in [-0.05, 0) is 62.6 Å². The molecule has 0 bridgehead atoms. The van der Waals surface area contributed by atoms with Crippen molar-refractivity contribution >= 4 is 52.8 Å². The van der Waals surface area contributed by atoms with Gasteiger partial charge < -0.3 is 19.7 Å². The molecular formula is C25H26NO6PS. The quantitative estimate of drug-likeness (QED) is 0.241. The van der Waals surface area contributed by atoms with Gasteiger partial charge in [-0.1, -0.05) is 24.8 Å². The predicted molar refractivity (Wildman–Crippen MR) is 136 cm³/mol. The summed E-state index contributed by atoms with van der Waals surface area (Å²) < 4.78 is 16.9. The molecule has 7 nitrogen and oxygen atoms in total. The molecule has 0 aliphatic heterocycles. The van der Waals surface area contributed by atoms with Gasteiger partial charge in [0, 0.05) is 10.3 Å². The van der Waals surface area contributed by atoms with E-state index in [1.54, 1.807) is 51.1 Å². The number of thiophene rings is 1. The Morgan fingerprint density at radius 1 is 1.18 bits per heavy atom. The molecule has 2 atom stereocenters. The summed E-state index contributed by atoms with van der Waals surface area (Å²) in [5, 5.41) is 3.89. The number of hydrogen-bond donors (Lipinski definition) is 1. The fourth-order valence-electron chi connectivity index (χ4n) is 2.99. The molecule has 0 aliphatic rings. The van der Waals surface area contributed by atoms with Gasteiger partial charge >= 0.3 is 11.9 Å². The highest BCUT2D eigenvalue weighted by Crippen LogP contribution is 2.32. The van der Waals surface area contributed by atoms with Crippen molar-refractivity contribution in [3.63, 3.8) is 0 Å². The number of para-hydroxylation sites is 2. The van der Waals surface area contributed by atoms with Crippen molar-refractivity contribution in [2.24, 2.45) is 0 Å². The van der Waals surface area contributed by atoms with Gasteiger partial charge in [0.05, 0.1) is 11.8 Å². The molecule has 0 radical (unpaired) electrons. The summed E-state index contributed by atoms with van der Waals surface area (Å²) in [7, 11) is -2.20. The first-order valence-electron chi connectivity index (χ1n) is 10.6. The number of fused-ring (bicyclic) bond motifs is 1. The Balaban J connectivity index is 1.74. The zero-order valence-electron chi connectivity index (χ0n) is 19.1. The normalized spacial score (nSPS) is 12.3. The lowest BCUT2D eigenvalue weighted by Crippen LogP contribution is -2.30. The molecule has 0 aliphatic carbocycles. The van der Waals surface area contributed by atoms with Crippen LogP contribution in [0.2, 0.25) is 0 Å². The van der Waals surface area contributed by atoms with E-state index in [2.05, 4.69) is 11.9 Å². The van der Waals surface area contributed by atoms with Crippen molar-refractivity contribution in [3.05, 3.63) is 71.6 Å². The van der Waals surface area contributed by atoms with Gasteiger partial charge in [-0.2, -0.15) is 0 Å². The minimum atomic E-state index is -2.20. The second kappa shape index (κ2) is 11.8. The molecule has 0 amide bonds. The number of benzene rings is 2. The van der Waals surface area contributed by atoms with Gasteiger partial charge in [0.15, 0.2) is 5.80 Å². The fourth-order valence-corrected chi connectivity index (χ4v) is 4.73. The van der Waals surface area contributed by atoms with Gasteiger partial charge in [0.2, 0.25) is 5.75 Å². The first kappa shape index (κ1) is 25.4. The molecule has 9 heteroatoms. The van der Waals surface area contributed by atoms with Crippen molar-refractivity contribution in [2.75, 3.05) is 11.9 Å². The van der Waals surface area contributed by atoms with Crippen LogP contribution in [0.5, 0.6) is 5.75 Å². The average Bonchev–Trinajstić information content (AvgIpc) is 3.21. The van der Waals surface area contributed by atoms with Crippen LogP contribution < -0.4 is 14.7 Å². The summed E-state index contributed by atoms with van der Waals surface area (Å²) in [6, 6.07) is 13.6. The van der Waals surface area contributed by atoms with Crippen LogP contribution in [0, 0.1) is 0 Å². The van der Waals surface area contributed by atoms with Crippen LogP contribution in [0.4, 0.5) is 5.69 Å². The Hall–Kier alpha value is -3.19. The molecule has 2 aromatic carbocycles. The first-order chi connectivity index (χ1) is 16.3. The summed E-state index contributed by atoms with van der Waals surface area (Å²) in [6.07, 6.45) is 1.29. The van der Waals surface area contributed by atoms with Crippen molar-refractivity contribution in [2.45, 2.75) is 32.9 Å². The highest BCUT2D eigenvalue weighted by atomic mass is 32.1. The van der Waals surface area contributed by atoms with Crippen LogP contribution in [-0.4, -0.2) is 36.5 Å². The zero-order chi connectivity index (χ0) is 24.7. The van der Waals surface area contributed by atoms with Gasteiger partial charge in [-0.3, -0.25) is 4.52 Å². The topological polar surface area (TPSA) is 96.9 Å². The summed E-state index contributed by atoms with van der Waals surface area (Å²) in [5.41, 5.74) is 1.22. The van der Waals surface area contributed by atoms with E-state index in [-0.39, 0.29) is 12.7 Å². The lowest BCUT2D eigenvalue weighted by atomic mass is 10.2. The first-order valence-corrected chi connectivity index (χ1v) is 12.7. The molecule has 34 heavy (non-hydrogen) atoms. The van der Waals surface area contributed by atoms with Crippen LogP contribution in [0.15, 0.2) is 61.2 Å². The molecule has 178 valence electrons. The summed E-state index contributed by atoms with van der Waals surface area (Å²) in [6.45, 7) is 8.93. The highest BCUT2D eigenvalue weighted by molar-refractivity contribution is 7.45. The number of carbonyl (C=O) groups is 2. The van der Waals surface area contributed by atoms with Crippen LogP contribution in [0.3, 0.4) is 0 Å². The summed E-state index contributed by atoms with van der Waals surface area (Å²) in [5.74, 6) is 1.07. The maximum atomic E-state index is 12.7. The smallest absolute Gasteiger partial charge is 0.348 e. The van der Waals surface area contributed by atoms with Gasteiger partial charge in [0.1, 0.15) is 17.5 Å². The van der Waals surface area contributed by atoms with Gasteiger partial charge in [0.25, 0.3) is 8.00 Å². The Labute approximate surface area is 203 Å². The Kier molecular flexibility index (Phi) is 8.82. The molecule has 1 N–H and O–H groups in total. The predicted octanol–water partition coefficient (Wildman–Crippen LogP) is 4.90. The van der Waals surface area contributed by atoms with Crippen LogP contribution in [0.1, 0.15) is 36.0 Å². The summed E-state index contributed by atoms with van der Waals surface area (Å²) >= 11 is 1.33. The van der Waals surface area contributed by atoms with E-state index in [1.165, 1.54) is 23.2 Å². The number of rotatable bonds is 10. The van der Waals surface area contributed by atoms with Crippen molar-refractivity contribution in [3.8, 4) is 5.75 Å². The van der Waals surface area contributed by atoms with Gasteiger partial charge in [-0.25, -0.2) is 9.59 Å². The SMILES string of the molecule is C=CCOC(=O)c1cc2cc(C=[P+]([O-])Oc3ccccc3N[C@@H](C)C(=O)OC(C)C)ccc2s1. The lowest BCUT2D eigenvalue weighted by molar-refractivity contribution is -0.165. The fraction of sp³-hybridized carbons (Fsp3) is 0.240. The van der Waals surface area contributed by atoms with E-state index < -0.39 is 26.0 Å². The minimum Gasteiger partial charge on any atom is -0.595 e. The molecule has 1 heterocycles. The minimum absolute atomic E-state index is 0.151. The maximum Gasteiger partial charge on any atom is 0.348 e. The zero-order valence-corrected chi connectivity index (χ0v) is 20.9. The Morgan fingerprint density at radius 2 is 1.94 bits per heavy atom. The highest BCUT2D eigenvalue weighted by Gasteiger charge is 2.18. The lowest BCUT2D eigenvalue weighted by Gasteiger charge is -2.17. The number of carbonyl (C=O) groups excluding carboxylic acids is 2. The molecule has 0 fully saturated rings. The number of hydrogen-bond acceptors (Lipinski definition) is 8. The Bertz CT molecular complexity index is 1220. The third-order valence-electron chi connectivity index (χ3n) is 4.48. The molecule has 1 aromatic heterocycles. The van der Waals surface area contributed by atoms with E-state index in [9.17, 15) is 14.5 Å². The van der Waals surface area contributed by atoms with Crippen molar-refractivity contribution in [1.82, 2.24) is 0 Å². The van der Waals surface area contributed by atoms with Crippen molar-refractivity contribution in [1.29, 1.82) is 0 Å². The van der Waals surface area contributed by atoms with E-state index in [4.69, 9.17) is 14.0 Å². The summed E-state index contributed by atoms with van der Waals surface area (Å²) in [4.78, 5) is 37.4. The molecule has 3 rings (SSSR count). The van der Waals surface area contributed by atoms with Gasteiger partial charge in [-0.15, -0.1) is 11.3 Å². The van der Waals surface area contributed by atoms with Crippen LogP contribution >= 0.6 is 19.3 Å². The van der Waals surface area contributed by atoms with Crippen LogP contribution in [-0.2, 0) is 14.3 Å². The second-order valence-corrected chi connectivity index (χ2v) is 9.74. The number of anilines is 1. The Morgan fingerprint density at radius 3 is 2.68 bits per heavy atom. The third kappa shape index (κ3) is 6.90. The molecule has 1 unspecified atom stereocenters. The second-order valence-electron chi connectivity index (χ2n) is 7.65. The van der Waals surface area contributed by atoms with E-state index in [0.717, 1.165) is 10.1 Å². The van der Waals surface area contributed by atoms with E-state index in [1.807, 2.05) is 18.2 Å². The largest absolute Gasteiger partial charge is 0.595 e. The standard InChI is InChI=1S/C25H26NO6PS/c1-5-12-30-25(28)23-14-19-13-18(10-11-22(19)34-23)15-33(29)32-21-9-7-6-8-20(21)26-17(4)24(27)31-16(2)3/h5-11,13-17,26H,1,12H2,2-4H3/t17-/m0/s1. The molecule has 0 spiro atoms. The molecular weight excluding hydrogens is 473 g/mol. The molecule has 3 aromatic rings. The molecule has 0 saturated heterocycles. The number of nitrogens with one attached hydrogen (secondary N) is 1. The average molecular weight is 500 g/mol. The monoisotopic (exact) mass is 499 g/mol.